The van der Waals surface area contributed by atoms with E-state index >= 15 is 0 Å². The largest absolute Gasteiger partial charge is 0.285 e. The van der Waals surface area contributed by atoms with Crippen molar-refractivity contribution in [1.29, 1.82) is 0 Å². The van der Waals surface area contributed by atoms with Gasteiger partial charge in [-0.05, 0) is 67.3 Å². The number of hydrogen-bond donors (Lipinski definition) is 1. The second-order valence-electron chi connectivity index (χ2n) is 9.83. The van der Waals surface area contributed by atoms with Crippen molar-refractivity contribution in [1.82, 2.24) is 30.4 Å². The molecule has 0 amide bonds. The van der Waals surface area contributed by atoms with Crippen molar-refractivity contribution in [3.8, 4) is 22.6 Å². The van der Waals surface area contributed by atoms with Gasteiger partial charge < -0.3 is 0 Å². The predicted octanol–water partition coefficient (Wildman–Crippen LogP) is 5.28. The van der Waals surface area contributed by atoms with Crippen LogP contribution in [0.15, 0.2) is 42.7 Å². The highest BCUT2D eigenvalue weighted by molar-refractivity contribution is 5.67. The first-order chi connectivity index (χ1) is 15.8. The van der Waals surface area contributed by atoms with E-state index in [1.807, 2.05) is 38.4 Å². The van der Waals surface area contributed by atoms with Crippen LogP contribution >= 0.6 is 0 Å². The number of halogens is 1. The van der Waals surface area contributed by atoms with E-state index in [2.05, 4.69) is 40.2 Å². The maximum Gasteiger partial charge on any atom is 0.162 e. The van der Waals surface area contributed by atoms with Crippen molar-refractivity contribution in [2.75, 3.05) is 0 Å². The topological polar surface area (TPSA) is 80.2 Å². The van der Waals surface area contributed by atoms with Crippen molar-refractivity contribution in [3.63, 3.8) is 0 Å². The van der Waals surface area contributed by atoms with Crippen LogP contribution in [0.2, 0.25) is 0 Å². The van der Waals surface area contributed by atoms with Gasteiger partial charge in [0.2, 0.25) is 0 Å². The molecule has 0 saturated heterocycles. The van der Waals surface area contributed by atoms with Crippen LogP contribution in [0.4, 0.5) is 4.39 Å². The van der Waals surface area contributed by atoms with E-state index < -0.39 is 0 Å². The molecule has 1 N–H and O–H groups in total. The van der Waals surface area contributed by atoms with Gasteiger partial charge >= 0.3 is 0 Å². The number of rotatable bonds is 3. The van der Waals surface area contributed by atoms with E-state index in [1.54, 1.807) is 6.07 Å². The standard InChI is InChI=1S/C26H25FN6/c1-14-6-5-7-19(27)22(14)20-12-16-18-8-10-26(25(18,3)4,23(16)33-32-20)21-9-11-28-24(30-21)17-13-29-31-15(17)2/h5-7,9,11-13,18H,8,10H2,1-4H3,(H,29,31)/t18-,26-/m0/s1. The van der Waals surface area contributed by atoms with Crippen LogP contribution in [0.1, 0.15) is 60.8 Å². The van der Waals surface area contributed by atoms with Crippen LogP contribution in [0, 0.1) is 25.1 Å². The molecule has 0 unspecified atom stereocenters. The Morgan fingerprint density at radius 3 is 2.73 bits per heavy atom. The minimum atomic E-state index is -0.363. The lowest BCUT2D eigenvalue weighted by Crippen LogP contribution is -2.38. The molecule has 1 aromatic carbocycles. The maximum absolute atomic E-state index is 14.7. The molecule has 0 radical (unpaired) electrons. The highest BCUT2D eigenvalue weighted by atomic mass is 19.1. The highest BCUT2D eigenvalue weighted by Crippen LogP contribution is 2.69. The summed E-state index contributed by atoms with van der Waals surface area (Å²) in [6.07, 6.45) is 5.64. The molecule has 4 aromatic rings. The summed E-state index contributed by atoms with van der Waals surface area (Å²) in [5, 5.41) is 16.4. The van der Waals surface area contributed by atoms with Gasteiger partial charge in [0.1, 0.15) is 5.82 Å². The lowest BCUT2D eigenvalue weighted by molar-refractivity contribution is 0.243. The zero-order valence-electron chi connectivity index (χ0n) is 19.1. The quantitative estimate of drug-likeness (QED) is 0.469. The Bertz CT molecular complexity index is 1390. The van der Waals surface area contributed by atoms with Gasteiger partial charge in [0.15, 0.2) is 5.82 Å². The molecule has 0 aliphatic heterocycles. The Morgan fingerprint density at radius 2 is 1.97 bits per heavy atom. The van der Waals surface area contributed by atoms with Gasteiger partial charge in [-0.3, -0.25) is 5.10 Å². The zero-order chi connectivity index (χ0) is 23.0. The SMILES string of the molecule is Cc1cccc(F)c1-c1cc2c(nn1)[C@@]1(c3ccnc(-c4c[nH]nc4C)n3)CC[C@@H]2C1(C)C. The summed E-state index contributed by atoms with van der Waals surface area (Å²) < 4.78 is 14.7. The Morgan fingerprint density at radius 1 is 1.12 bits per heavy atom. The molecule has 2 aliphatic rings. The molecule has 2 bridgehead atoms. The predicted molar refractivity (Wildman–Crippen MR) is 123 cm³/mol. The summed E-state index contributed by atoms with van der Waals surface area (Å²) in [5.74, 6) is 0.701. The number of fused-ring (bicyclic) bond motifs is 5. The van der Waals surface area contributed by atoms with Gasteiger partial charge in [-0.2, -0.15) is 15.3 Å². The first-order valence-corrected chi connectivity index (χ1v) is 11.3. The number of benzene rings is 1. The third-order valence-electron chi connectivity index (χ3n) is 8.02. The van der Waals surface area contributed by atoms with Crippen molar-refractivity contribution < 1.29 is 4.39 Å². The molecule has 3 aromatic heterocycles. The molecule has 166 valence electrons. The second kappa shape index (κ2) is 6.76. The number of aromatic nitrogens is 6. The monoisotopic (exact) mass is 440 g/mol. The fourth-order valence-corrected chi connectivity index (χ4v) is 6.28. The van der Waals surface area contributed by atoms with Gasteiger partial charge in [-0.1, -0.05) is 26.0 Å². The molecule has 1 saturated carbocycles. The van der Waals surface area contributed by atoms with Crippen LogP contribution in [-0.4, -0.2) is 30.4 Å². The molecule has 33 heavy (non-hydrogen) atoms. The molecule has 6 rings (SSSR count). The van der Waals surface area contributed by atoms with E-state index in [0.29, 0.717) is 23.0 Å². The molecule has 7 heteroatoms. The summed E-state index contributed by atoms with van der Waals surface area (Å²) in [4.78, 5) is 9.55. The Kier molecular flexibility index (Phi) is 4.13. The average Bonchev–Trinajstić information content (AvgIpc) is 3.40. The fraction of sp³-hybridized carbons (Fsp3) is 0.346. The first-order valence-electron chi connectivity index (χ1n) is 11.3. The summed E-state index contributed by atoms with van der Waals surface area (Å²) in [6.45, 7) is 8.44. The molecule has 6 nitrogen and oxygen atoms in total. The molecule has 3 heterocycles. The molecule has 0 spiro atoms. The second-order valence-corrected chi connectivity index (χ2v) is 9.83. The van der Waals surface area contributed by atoms with Crippen LogP contribution in [-0.2, 0) is 5.41 Å². The lowest BCUT2D eigenvalue weighted by Gasteiger charge is -2.37. The first kappa shape index (κ1) is 20.1. The van der Waals surface area contributed by atoms with E-state index in [4.69, 9.17) is 10.1 Å². The zero-order valence-corrected chi connectivity index (χ0v) is 19.1. The van der Waals surface area contributed by atoms with Crippen molar-refractivity contribution in [2.24, 2.45) is 5.41 Å². The molecule has 2 atom stereocenters. The van der Waals surface area contributed by atoms with Gasteiger partial charge in [0.25, 0.3) is 0 Å². The summed E-state index contributed by atoms with van der Waals surface area (Å²) in [7, 11) is 0. The summed E-state index contributed by atoms with van der Waals surface area (Å²) in [6, 6.07) is 9.18. The molecule has 1 fully saturated rings. The summed E-state index contributed by atoms with van der Waals surface area (Å²) in [5.41, 5.74) is 6.37. The van der Waals surface area contributed by atoms with Crippen LogP contribution in [0.5, 0.6) is 0 Å². The van der Waals surface area contributed by atoms with Gasteiger partial charge in [-0.25, -0.2) is 14.4 Å². The highest BCUT2D eigenvalue weighted by Gasteiger charge is 2.65. The van der Waals surface area contributed by atoms with E-state index in [1.165, 1.54) is 11.6 Å². The third-order valence-corrected chi connectivity index (χ3v) is 8.02. The van der Waals surface area contributed by atoms with Crippen molar-refractivity contribution >= 4 is 0 Å². The van der Waals surface area contributed by atoms with Crippen LogP contribution < -0.4 is 0 Å². The number of H-pyrrole nitrogens is 1. The lowest BCUT2D eigenvalue weighted by atomic mass is 9.66. The van der Waals surface area contributed by atoms with Gasteiger partial charge in [0.05, 0.1) is 33.8 Å². The van der Waals surface area contributed by atoms with Gasteiger partial charge in [-0.15, -0.1) is 0 Å². The Labute approximate surface area is 191 Å². The normalized spacial score (nSPS) is 22.5. The molecular weight excluding hydrogens is 415 g/mol. The van der Waals surface area contributed by atoms with Crippen LogP contribution in [0.3, 0.4) is 0 Å². The Hall–Kier alpha value is -3.48. The van der Waals surface area contributed by atoms with E-state index in [-0.39, 0.29) is 16.6 Å². The minimum absolute atomic E-state index is 0.107. The number of nitrogens with one attached hydrogen (secondary N) is 1. The van der Waals surface area contributed by atoms with Crippen LogP contribution in [0.25, 0.3) is 22.6 Å². The number of nitrogens with zero attached hydrogens (tertiary/aromatic N) is 5. The number of aromatic amines is 1. The smallest absolute Gasteiger partial charge is 0.162 e. The fourth-order valence-electron chi connectivity index (χ4n) is 6.28. The van der Waals surface area contributed by atoms with E-state index in [9.17, 15) is 4.39 Å². The summed E-state index contributed by atoms with van der Waals surface area (Å²) >= 11 is 0. The minimum Gasteiger partial charge on any atom is -0.285 e. The van der Waals surface area contributed by atoms with Crippen molar-refractivity contribution in [2.45, 2.75) is 51.9 Å². The third kappa shape index (κ3) is 2.56. The molecule has 2 aliphatic carbocycles. The number of aryl methyl sites for hydroxylation is 2. The molecular formula is C26H25FN6. The van der Waals surface area contributed by atoms with E-state index in [0.717, 1.165) is 41.1 Å². The number of hydrogen-bond acceptors (Lipinski definition) is 5. The average molecular weight is 441 g/mol. The van der Waals surface area contributed by atoms with Crippen molar-refractivity contribution in [3.05, 3.63) is 76.8 Å². The van der Waals surface area contributed by atoms with Gasteiger partial charge in [0, 0.05) is 18.0 Å². The Balaban J connectivity index is 1.54. The maximum atomic E-state index is 14.7.